The van der Waals surface area contributed by atoms with Gasteiger partial charge in [-0.25, -0.2) is 8.42 Å². The lowest BCUT2D eigenvalue weighted by molar-refractivity contribution is -0.122. The third-order valence-corrected chi connectivity index (χ3v) is 6.94. The first-order valence-corrected chi connectivity index (χ1v) is 11.7. The number of halogens is 1. The first kappa shape index (κ1) is 23.0. The average molecular weight is 457 g/mol. The molecule has 0 aliphatic carbocycles. The molecule has 0 saturated heterocycles. The van der Waals surface area contributed by atoms with Gasteiger partial charge in [0.2, 0.25) is 15.9 Å². The van der Waals surface area contributed by atoms with Crippen molar-refractivity contribution in [3.8, 4) is 0 Å². The standard InChI is InChI=1S/C24H25ClN2O3S/c1-18-11-13-23(14-12-18)31(29,30)27(16-20-7-6-10-22(25)15-20)17-24(28)26-19(2)21-8-4-3-5-9-21/h3-15,19H,16-17H2,1-2H3,(H,26,28)/t19-/m1/s1. The van der Waals surface area contributed by atoms with Crippen molar-refractivity contribution < 1.29 is 13.2 Å². The lowest BCUT2D eigenvalue weighted by atomic mass is 10.1. The summed E-state index contributed by atoms with van der Waals surface area (Å²) in [5.74, 6) is -0.380. The van der Waals surface area contributed by atoms with E-state index < -0.39 is 10.0 Å². The van der Waals surface area contributed by atoms with Gasteiger partial charge in [0, 0.05) is 11.6 Å². The minimum absolute atomic E-state index is 0.0317. The van der Waals surface area contributed by atoms with Gasteiger partial charge in [0.25, 0.3) is 0 Å². The minimum atomic E-state index is -3.89. The highest BCUT2D eigenvalue weighted by Gasteiger charge is 2.27. The molecule has 0 fully saturated rings. The number of hydrogen-bond donors (Lipinski definition) is 1. The van der Waals surface area contributed by atoms with E-state index in [9.17, 15) is 13.2 Å². The van der Waals surface area contributed by atoms with E-state index in [0.29, 0.717) is 10.6 Å². The lowest BCUT2D eigenvalue weighted by Crippen LogP contribution is -2.41. The van der Waals surface area contributed by atoms with Crippen LogP contribution in [0.2, 0.25) is 5.02 Å². The van der Waals surface area contributed by atoms with E-state index in [1.807, 2.05) is 44.2 Å². The Morgan fingerprint density at radius 3 is 2.32 bits per heavy atom. The second-order valence-corrected chi connectivity index (χ2v) is 9.79. The molecule has 0 bridgehead atoms. The number of amides is 1. The Balaban J connectivity index is 1.84. The summed E-state index contributed by atoms with van der Waals surface area (Å²) in [5.41, 5.74) is 2.60. The van der Waals surface area contributed by atoms with Gasteiger partial charge in [0.05, 0.1) is 17.5 Å². The Morgan fingerprint density at radius 2 is 1.68 bits per heavy atom. The van der Waals surface area contributed by atoms with Crippen LogP contribution in [-0.2, 0) is 21.4 Å². The number of nitrogens with one attached hydrogen (secondary N) is 1. The first-order valence-electron chi connectivity index (χ1n) is 9.91. The van der Waals surface area contributed by atoms with Gasteiger partial charge in [-0.15, -0.1) is 0 Å². The van der Waals surface area contributed by atoms with Gasteiger partial charge in [0.1, 0.15) is 0 Å². The number of aryl methyl sites for hydroxylation is 1. The Labute approximate surface area is 188 Å². The van der Waals surface area contributed by atoms with Crippen molar-refractivity contribution >= 4 is 27.5 Å². The average Bonchev–Trinajstić information content (AvgIpc) is 2.74. The molecule has 1 amide bonds. The van der Waals surface area contributed by atoms with Crippen LogP contribution >= 0.6 is 11.6 Å². The van der Waals surface area contributed by atoms with Gasteiger partial charge in [-0.1, -0.05) is 71.8 Å². The Bertz CT molecular complexity index is 1130. The fourth-order valence-corrected chi connectivity index (χ4v) is 4.79. The number of nitrogens with zero attached hydrogens (tertiary/aromatic N) is 1. The number of carbonyl (C=O) groups excluding carboxylic acids is 1. The van der Waals surface area contributed by atoms with Crippen molar-refractivity contribution in [3.63, 3.8) is 0 Å². The Kier molecular flexibility index (Phi) is 7.49. The van der Waals surface area contributed by atoms with Crippen molar-refractivity contribution in [3.05, 3.63) is 101 Å². The van der Waals surface area contributed by atoms with E-state index in [1.54, 1.807) is 48.5 Å². The van der Waals surface area contributed by atoms with Gasteiger partial charge < -0.3 is 5.32 Å². The van der Waals surface area contributed by atoms with Crippen LogP contribution in [-0.4, -0.2) is 25.2 Å². The third kappa shape index (κ3) is 6.17. The molecule has 0 aliphatic heterocycles. The highest BCUT2D eigenvalue weighted by molar-refractivity contribution is 7.89. The highest BCUT2D eigenvalue weighted by Crippen LogP contribution is 2.21. The zero-order chi connectivity index (χ0) is 22.4. The summed E-state index contributed by atoms with van der Waals surface area (Å²) in [6.45, 7) is 3.48. The molecule has 5 nitrogen and oxygen atoms in total. The summed E-state index contributed by atoms with van der Waals surface area (Å²) in [4.78, 5) is 12.9. The second kappa shape index (κ2) is 10.1. The molecule has 0 heterocycles. The zero-order valence-electron chi connectivity index (χ0n) is 17.5. The summed E-state index contributed by atoms with van der Waals surface area (Å²) in [7, 11) is -3.89. The number of sulfonamides is 1. The van der Waals surface area contributed by atoms with Crippen LogP contribution in [0.3, 0.4) is 0 Å². The molecule has 1 atom stereocenters. The molecule has 162 valence electrons. The van der Waals surface area contributed by atoms with Crippen LogP contribution in [0.1, 0.15) is 29.7 Å². The van der Waals surface area contributed by atoms with Crippen LogP contribution in [0, 0.1) is 6.92 Å². The molecule has 0 unspecified atom stereocenters. The molecular formula is C24H25ClN2O3S. The molecule has 1 N–H and O–H groups in total. The SMILES string of the molecule is Cc1ccc(S(=O)(=O)N(CC(=O)N[C@H](C)c2ccccc2)Cc2cccc(Cl)c2)cc1. The zero-order valence-corrected chi connectivity index (χ0v) is 19.0. The summed E-state index contributed by atoms with van der Waals surface area (Å²) in [5, 5.41) is 3.39. The molecule has 0 saturated carbocycles. The predicted molar refractivity (Wildman–Crippen MR) is 123 cm³/mol. The molecule has 31 heavy (non-hydrogen) atoms. The topological polar surface area (TPSA) is 66.5 Å². The van der Waals surface area contributed by atoms with E-state index in [-0.39, 0.29) is 29.9 Å². The molecule has 0 aliphatic rings. The Morgan fingerprint density at radius 1 is 1.00 bits per heavy atom. The fraction of sp³-hybridized carbons (Fsp3) is 0.208. The van der Waals surface area contributed by atoms with Gasteiger partial charge in [-0.05, 0) is 49.2 Å². The van der Waals surface area contributed by atoms with E-state index in [1.165, 1.54) is 4.31 Å². The van der Waals surface area contributed by atoms with E-state index in [4.69, 9.17) is 11.6 Å². The summed E-state index contributed by atoms with van der Waals surface area (Å²) < 4.78 is 27.9. The Hall–Kier alpha value is -2.67. The normalized spacial score (nSPS) is 12.5. The summed E-state index contributed by atoms with van der Waals surface area (Å²) in [6, 6.07) is 22.8. The molecule has 0 radical (unpaired) electrons. The monoisotopic (exact) mass is 456 g/mol. The van der Waals surface area contributed by atoms with Gasteiger partial charge in [-0.2, -0.15) is 4.31 Å². The van der Waals surface area contributed by atoms with Gasteiger partial charge in [-0.3, -0.25) is 4.79 Å². The minimum Gasteiger partial charge on any atom is -0.348 e. The molecule has 7 heteroatoms. The van der Waals surface area contributed by atoms with Crippen LogP contribution in [0.25, 0.3) is 0 Å². The highest BCUT2D eigenvalue weighted by atomic mass is 35.5. The van der Waals surface area contributed by atoms with Gasteiger partial charge in [0.15, 0.2) is 0 Å². The van der Waals surface area contributed by atoms with Crippen molar-refractivity contribution in [1.82, 2.24) is 9.62 Å². The van der Waals surface area contributed by atoms with Crippen LogP contribution < -0.4 is 5.32 Å². The van der Waals surface area contributed by atoms with Crippen molar-refractivity contribution in [2.75, 3.05) is 6.54 Å². The van der Waals surface area contributed by atoms with Crippen LogP contribution in [0.15, 0.2) is 83.8 Å². The van der Waals surface area contributed by atoms with E-state index in [2.05, 4.69) is 5.32 Å². The van der Waals surface area contributed by atoms with Gasteiger partial charge >= 0.3 is 0 Å². The number of rotatable bonds is 8. The summed E-state index contributed by atoms with van der Waals surface area (Å²) >= 11 is 6.07. The molecule has 0 aromatic heterocycles. The van der Waals surface area contributed by atoms with Crippen molar-refractivity contribution in [1.29, 1.82) is 0 Å². The maximum absolute atomic E-state index is 13.3. The smallest absolute Gasteiger partial charge is 0.243 e. The quantitative estimate of drug-likeness (QED) is 0.533. The fourth-order valence-electron chi connectivity index (χ4n) is 3.20. The number of benzene rings is 3. The van der Waals surface area contributed by atoms with Crippen molar-refractivity contribution in [2.45, 2.75) is 31.3 Å². The molecule has 3 aromatic rings. The summed E-state index contributed by atoms with van der Waals surface area (Å²) in [6.07, 6.45) is 0. The molecule has 3 rings (SSSR count). The predicted octanol–water partition coefficient (Wildman–Crippen LogP) is 4.72. The third-order valence-electron chi connectivity index (χ3n) is 4.90. The number of hydrogen-bond acceptors (Lipinski definition) is 3. The molecular weight excluding hydrogens is 432 g/mol. The van der Waals surface area contributed by atoms with Crippen molar-refractivity contribution in [2.24, 2.45) is 0 Å². The largest absolute Gasteiger partial charge is 0.348 e. The maximum Gasteiger partial charge on any atom is 0.243 e. The maximum atomic E-state index is 13.3. The molecule has 0 spiro atoms. The first-order chi connectivity index (χ1) is 14.8. The van der Waals surface area contributed by atoms with E-state index in [0.717, 1.165) is 11.1 Å². The number of carbonyl (C=O) groups is 1. The van der Waals surface area contributed by atoms with E-state index >= 15 is 0 Å². The molecule has 3 aromatic carbocycles. The lowest BCUT2D eigenvalue weighted by Gasteiger charge is -2.23. The van der Waals surface area contributed by atoms with Crippen LogP contribution in [0.4, 0.5) is 0 Å². The second-order valence-electron chi connectivity index (χ2n) is 7.42. The van der Waals surface area contributed by atoms with Crippen LogP contribution in [0.5, 0.6) is 0 Å².